The molecule has 7 nitrogen and oxygen atoms in total. The lowest BCUT2D eigenvalue weighted by molar-refractivity contribution is -0.127. The molecule has 1 fully saturated rings. The van der Waals surface area contributed by atoms with Crippen LogP contribution in [-0.2, 0) is 4.79 Å². The first-order valence-corrected chi connectivity index (χ1v) is 7.92. The SMILES string of the molecule is C=CC(=O)N1CCCC(n2nc(C(C)C)c3c(N)ncnc32)C1. The van der Waals surface area contributed by atoms with Crippen LogP contribution < -0.4 is 5.73 Å². The second kappa shape index (κ2) is 5.98. The zero-order valence-electron chi connectivity index (χ0n) is 13.6. The van der Waals surface area contributed by atoms with E-state index in [1.54, 1.807) is 0 Å². The number of likely N-dealkylation sites (tertiary alicyclic amines) is 1. The first-order chi connectivity index (χ1) is 11.0. The summed E-state index contributed by atoms with van der Waals surface area (Å²) in [6.45, 7) is 9.10. The number of fused-ring (bicyclic) bond motifs is 1. The molecular weight excluding hydrogens is 292 g/mol. The number of nitrogen functional groups attached to an aromatic ring is 1. The molecule has 1 atom stereocenters. The predicted octanol–water partition coefficient (Wildman–Crippen LogP) is 1.88. The molecule has 0 radical (unpaired) electrons. The van der Waals surface area contributed by atoms with Crippen molar-refractivity contribution in [3.63, 3.8) is 0 Å². The number of carbonyl (C=O) groups excluding carboxylic acids is 1. The molecule has 1 aliphatic rings. The maximum absolute atomic E-state index is 11.9. The molecule has 7 heteroatoms. The maximum atomic E-state index is 11.9. The van der Waals surface area contributed by atoms with Crippen LogP contribution in [0, 0.1) is 0 Å². The van der Waals surface area contributed by atoms with Gasteiger partial charge in [-0.1, -0.05) is 20.4 Å². The summed E-state index contributed by atoms with van der Waals surface area (Å²) in [6.07, 6.45) is 4.72. The molecule has 3 heterocycles. The minimum Gasteiger partial charge on any atom is -0.383 e. The Morgan fingerprint density at radius 3 is 2.96 bits per heavy atom. The van der Waals surface area contributed by atoms with Gasteiger partial charge in [0.2, 0.25) is 5.91 Å². The Bertz CT molecular complexity index is 750. The Kier molecular flexibility index (Phi) is 4.02. The molecule has 2 aromatic rings. The van der Waals surface area contributed by atoms with E-state index in [1.807, 2.05) is 9.58 Å². The molecule has 2 N–H and O–H groups in total. The van der Waals surface area contributed by atoms with Crippen LogP contribution in [0.5, 0.6) is 0 Å². The van der Waals surface area contributed by atoms with Gasteiger partial charge in [-0.2, -0.15) is 5.10 Å². The van der Waals surface area contributed by atoms with E-state index in [0.717, 1.165) is 36.1 Å². The van der Waals surface area contributed by atoms with Crippen LogP contribution in [0.25, 0.3) is 11.0 Å². The van der Waals surface area contributed by atoms with Gasteiger partial charge in [-0.15, -0.1) is 0 Å². The molecule has 1 saturated heterocycles. The van der Waals surface area contributed by atoms with Gasteiger partial charge in [0.1, 0.15) is 12.1 Å². The highest BCUT2D eigenvalue weighted by molar-refractivity contribution is 5.89. The van der Waals surface area contributed by atoms with Crippen molar-refractivity contribution >= 4 is 22.8 Å². The normalized spacial score (nSPS) is 18.6. The fraction of sp³-hybridized carbons (Fsp3) is 0.500. The zero-order valence-corrected chi connectivity index (χ0v) is 13.6. The van der Waals surface area contributed by atoms with Crippen molar-refractivity contribution in [2.75, 3.05) is 18.8 Å². The Balaban J connectivity index is 2.04. The number of nitrogens with two attached hydrogens (primary N) is 1. The van der Waals surface area contributed by atoms with Crippen LogP contribution in [0.4, 0.5) is 5.82 Å². The van der Waals surface area contributed by atoms with Gasteiger partial charge in [0.15, 0.2) is 5.65 Å². The van der Waals surface area contributed by atoms with Crippen molar-refractivity contribution in [1.29, 1.82) is 0 Å². The van der Waals surface area contributed by atoms with Crippen LogP contribution in [0.1, 0.15) is 44.3 Å². The minimum absolute atomic E-state index is 0.0376. The predicted molar refractivity (Wildman–Crippen MR) is 88.9 cm³/mol. The van der Waals surface area contributed by atoms with Crippen molar-refractivity contribution in [2.45, 2.75) is 38.6 Å². The summed E-state index contributed by atoms with van der Waals surface area (Å²) in [4.78, 5) is 22.2. The molecule has 0 saturated carbocycles. The summed E-state index contributed by atoms with van der Waals surface area (Å²) < 4.78 is 1.92. The van der Waals surface area contributed by atoms with Gasteiger partial charge in [-0.25, -0.2) is 14.6 Å². The molecule has 1 amide bonds. The minimum atomic E-state index is -0.0376. The van der Waals surface area contributed by atoms with E-state index in [0.29, 0.717) is 12.4 Å². The lowest BCUT2D eigenvalue weighted by Crippen LogP contribution is -2.40. The van der Waals surface area contributed by atoms with Crippen molar-refractivity contribution in [2.24, 2.45) is 0 Å². The van der Waals surface area contributed by atoms with Crippen molar-refractivity contribution in [3.8, 4) is 0 Å². The number of carbonyl (C=O) groups is 1. The fourth-order valence-corrected chi connectivity index (χ4v) is 3.16. The monoisotopic (exact) mass is 314 g/mol. The average Bonchev–Trinajstić information content (AvgIpc) is 2.95. The lowest BCUT2D eigenvalue weighted by atomic mass is 10.1. The summed E-state index contributed by atoms with van der Waals surface area (Å²) in [5.41, 5.74) is 7.71. The van der Waals surface area contributed by atoms with Gasteiger partial charge in [0.05, 0.1) is 17.1 Å². The number of nitrogens with zero attached hydrogens (tertiary/aromatic N) is 5. The summed E-state index contributed by atoms with van der Waals surface area (Å²) in [5, 5.41) is 5.59. The van der Waals surface area contributed by atoms with Gasteiger partial charge >= 0.3 is 0 Å². The van der Waals surface area contributed by atoms with Crippen LogP contribution >= 0.6 is 0 Å². The molecule has 0 aromatic carbocycles. The van der Waals surface area contributed by atoms with Crippen molar-refractivity contribution < 1.29 is 4.79 Å². The fourth-order valence-electron chi connectivity index (χ4n) is 3.16. The zero-order chi connectivity index (χ0) is 16.6. The van der Waals surface area contributed by atoms with Crippen molar-refractivity contribution in [3.05, 3.63) is 24.7 Å². The Labute approximate surface area is 135 Å². The molecular formula is C16H22N6O. The number of piperidine rings is 1. The van der Waals surface area contributed by atoms with E-state index in [-0.39, 0.29) is 17.9 Å². The molecule has 1 unspecified atom stereocenters. The number of hydrogen-bond acceptors (Lipinski definition) is 5. The summed E-state index contributed by atoms with van der Waals surface area (Å²) in [6, 6.07) is 0.0944. The molecule has 122 valence electrons. The number of amides is 1. The van der Waals surface area contributed by atoms with E-state index >= 15 is 0 Å². The maximum Gasteiger partial charge on any atom is 0.246 e. The molecule has 0 bridgehead atoms. The van der Waals surface area contributed by atoms with Gasteiger partial charge in [0.25, 0.3) is 0 Å². The number of aromatic nitrogens is 4. The topological polar surface area (TPSA) is 89.9 Å². The summed E-state index contributed by atoms with van der Waals surface area (Å²) in [5.74, 6) is 0.644. The molecule has 0 spiro atoms. The third-order valence-electron chi connectivity index (χ3n) is 4.32. The molecule has 0 aliphatic carbocycles. The highest BCUT2D eigenvalue weighted by Gasteiger charge is 2.28. The van der Waals surface area contributed by atoms with E-state index in [4.69, 9.17) is 10.8 Å². The third kappa shape index (κ3) is 2.67. The van der Waals surface area contributed by atoms with E-state index in [2.05, 4.69) is 30.4 Å². The highest BCUT2D eigenvalue weighted by atomic mass is 16.2. The van der Waals surface area contributed by atoms with Crippen LogP contribution in [0.2, 0.25) is 0 Å². The Morgan fingerprint density at radius 1 is 1.48 bits per heavy atom. The number of rotatable bonds is 3. The van der Waals surface area contributed by atoms with Crippen molar-refractivity contribution in [1.82, 2.24) is 24.6 Å². The van der Waals surface area contributed by atoms with Gasteiger partial charge < -0.3 is 10.6 Å². The smallest absolute Gasteiger partial charge is 0.246 e. The number of anilines is 1. The third-order valence-corrected chi connectivity index (χ3v) is 4.32. The second-order valence-electron chi connectivity index (χ2n) is 6.23. The standard InChI is InChI=1S/C16H22N6O/c1-4-12(23)21-7-5-6-11(8-21)22-16-13(14(20-22)10(2)3)15(17)18-9-19-16/h4,9-11H,1,5-8H2,2-3H3,(H2,17,18,19). The lowest BCUT2D eigenvalue weighted by Gasteiger charge is -2.32. The highest BCUT2D eigenvalue weighted by Crippen LogP contribution is 2.31. The second-order valence-corrected chi connectivity index (χ2v) is 6.23. The van der Waals surface area contributed by atoms with Crippen LogP contribution in [0.15, 0.2) is 19.0 Å². The average molecular weight is 314 g/mol. The first kappa shape index (κ1) is 15.5. The van der Waals surface area contributed by atoms with Crippen LogP contribution in [0.3, 0.4) is 0 Å². The largest absolute Gasteiger partial charge is 0.383 e. The van der Waals surface area contributed by atoms with E-state index in [1.165, 1.54) is 12.4 Å². The summed E-state index contributed by atoms with van der Waals surface area (Å²) in [7, 11) is 0. The number of hydrogen-bond donors (Lipinski definition) is 1. The van der Waals surface area contributed by atoms with Gasteiger partial charge in [-0.3, -0.25) is 4.79 Å². The summed E-state index contributed by atoms with van der Waals surface area (Å²) >= 11 is 0. The molecule has 1 aliphatic heterocycles. The quantitative estimate of drug-likeness (QED) is 0.874. The first-order valence-electron chi connectivity index (χ1n) is 7.92. The van der Waals surface area contributed by atoms with Gasteiger partial charge in [-0.05, 0) is 24.8 Å². The van der Waals surface area contributed by atoms with Gasteiger partial charge in [0, 0.05) is 13.1 Å². The molecule has 3 rings (SSSR count). The Hall–Kier alpha value is -2.44. The van der Waals surface area contributed by atoms with E-state index < -0.39 is 0 Å². The Morgan fingerprint density at radius 2 is 2.26 bits per heavy atom. The van der Waals surface area contributed by atoms with Crippen LogP contribution in [-0.4, -0.2) is 43.6 Å². The van der Waals surface area contributed by atoms with E-state index in [9.17, 15) is 4.79 Å². The molecule has 23 heavy (non-hydrogen) atoms. The molecule has 2 aromatic heterocycles.